The number of anilines is 6. The van der Waals surface area contributed by atoms with Crippen molar-refractivity contribution in [2.75, 3.05) is 9.80 Å². The summed E-state index contributed by atoms with van der Waals surface area (Å²) in [5.41, 5.74) is 13.5. The van der Waals surface area contributed by atoms with Crippen LogP contribution in [0.3, 0.4) is 0 Å². The summed E-state index contributed by atoms with van der Waals surface area (Å²) in [4.78, 5) is 4.79. The van der Waals surface area contributed by atoms with Gasteiger partial charge in [0.15, 0.2) is 0 Å². The van der Waals surface area contributed by atoms with Gasteiger partial charge in [-0.1, -0.05) is 129 Å². The summed E-state index contributed by atoms with van der Waals surface area (Å²) in [6.45, 7) is 4.71. The minimum atomic E-state index is -0.125. The van der Waals surface area contributed by atoms with E-state index in [1.54, 1.807) is 0 Å². The molecule has 0 atom stereocenters. The molecule has 1 aliphatic carbocycles. The van der Waals surface area contributed by atoms with Gasteiger partial charge in [0.2, 0.25) is 0 Å². The van der Waals surface area contributed by atoms with Crippen LogP contribution in [0.25, 0.3) is 54.6 Å². The summed E-state index contributed by atoms with van der Waals surface area (Å²) >= 11 is 0. The van der Waals surface area contributed by atoms with Crippen LogP contribution in [0.4, 0.5) is 34.1 Å². The number of fused-ring (bicyclic) bond motifs is 9. The second kappa shape index (κ2) is 12.5. The lowest BCUT2D eigenvalue weighted by molar-refractivity contribution is 0.660. The lowest BCUT2D eigenvalue weighted by Gasteiger charge is -2.30. The van der Waals surface area contributed by atoms with Crippen LogP contribution in [0.5, 0.6) is 0 Å². The summed E-state index contributed by atoms with van der Waals surface area (Å²) in [5, 5.41) is 7.04. The molecule has 56 heavy (non-hydrogen) atoms. The van der Waals surface area contributed by atoms with Gasteiger partial charge in [0.25, 0.3) is 0 Å². The van der Waals surface area contributed by atoms with Crippen molar-refractivity contribution in [3.05, 3.63) is 205 Å². The molecule has 1 heterocycles. The van der Waals surface area contributed by atoms with Crippen molar-refractivity contribution < 1.29 is 4.42 Å². The molecule has 1 aliphatic rings. The maximum atomic E-state index is 6.42. The quantitative estimate of drug-likeness (QED) is 0.160. The zero-order valence-corrected chi connectivity index (χ0v) is 31.3. The smallest absolute Gasteiger partial charge is 0.137 e. The van der Waals surface area contributed by atoms with E-state index in [0.29, 0.717) is 0 Å². The van der Waals surface area contributed by atoms with Crippen LogP contribution in [-0.2, 0) is 5.41 Å². The molecule has 3 heteroatoms. The van der Waals surface area contributed by atoms with Crippen LogP contribution >= 0.6 is 0 Å². The van der Waals surface area contributed by atoms with Crippen molar-refractivity contribution in [1.82, 2.24) is 0 Å². The molecule has 0 amide bonds. The first kappa shape index (κ1) is 32.3. The fourth-order valence-electron chi connectivity index (χ4n) is 9.11. The highest BCUT2D eigenvalue weighted by Gasteiger charge is 2.36. The molecule has 9 aromatic carbocycles. The first-order valence-corrected chi connectivity index (χ1v) is 19.3. The number of furan rings is 1. The third-order valence-electron chi connectivity index (χ3n) is 11.8. The molecule has 0 saturated carbocycles. The fourth-order valence-corrected chi connectivity index (χ4v) is 9.11. The van der Waals surface area contributed by atoms with Gasteiger partial charge in [-0.2, -0.15) is 0 Å². The van der Waals surface area contributed by atoms with E-state index in [9.17, 15) is 0 Å². The largest absolute Gasteiger partial charge is 0.456 e. The zero-order chi connectivity index (χ0) is 37.4. The summed E-state index contributed by atoms with van der Waals surface area (Å²) < 4.78 is 6.42. The number of hydrogen-bond acceptors (Lipinski definition) is 3. The molecular weight excluding hydrogens is 681 g/mol. The second-order valence-electron chi connectivity index (χ2n) is 15.4. The van der Waals surface area contributed by atoms with Gasteiger partial charge in [-0.3, -0.25) is 0 Å². The van der Waals surface area contributed by atoms with Gasteiger partial charge in [-0.05, 0) is 111 Å². The van der Waals surface area contributed by atoms with E-state index < -0.39 is 0 Å². The van der Waals surface area contributed by atoms with Crippen LogP contribution in [0.15, 0.2) is 199 Å². The Hall–Kier alpha value is -7.10. The second-order valence-corrected chi connectivity index (χ2v) is 15.4. The molecule has 11 rings (SSSR count). The molecule has 0 aliphatic heterocycles. The Morgan fingerprint density at radius 3 is 1.73 bits per heavy atom. The molecule has 3 nitrogen and oxygen atoms in total. The van der Waals surface area contributed by atoms with Crippen molar-refractivity contribution in [2.45, 2.75) is 19.3 Å². The normalized spacial score (nSPS) is 13.0. The summed E-state index contributed by atoms with van der Waals surface area (Å²) in [6, 6.07) is 70.3. The SMILES string of the molecule is CC1(C)c2ccccc2-c2ccc(N(c3ccccc3)c3cc4ccccc4c4ccc(N(c5ccccc5)c5ccc6c(c5)oc5ccccc56)cc34)cc21. The predicted molar refractivity (Wildman–Crippen MR) is 236 cm³/mol. The van der Waals surface area contributed by atoms with E-state index in [1.165, 1.54) is 43.8 Å². The van der Waals surface area contributed by atoms with E-state index >= 15 is 0 Å². The highest BCUT2D eigenvalue weighted by molar-refractivity contribution is 6.16. The van der Waals surface area contributed by atoms with Gasteiger partial charge >= 0.3 is 0 Å². The average Bonchev–Trinajstić information content (AvgIpc) is 3.73. The molecule has 0 N–H and O–H groups in total. The summed E-state index contributed by atoms with van der Waals surface area (Å²) in [5.74, 6) is 0. The molecule has 0 saturated heterocycles. The van der Waals surface area contributed by atoms with E-state index in [4.69, 9.17) is 4.42 Å². The van der Waals surface area contributed by atoms with Gasteiger partial charge in [-0.15, -0.1) is 0 Å². The van der Waals surface area contributed by atoms with Crippen LogP contribution in [0.1, 0.15) is 25.0 Å². The van der Waals surface area contributed by atoms with Gasteiger partial charge in [-0.25, -0.2) is 0 Å². The zero-order valence-electron chi connectivity index (χ0n) is 31.3. The van der Waals surface area contributed by atoms with Crippen molar-refractivity contribution in [2.24, 2.45) is 0 Å². The van der Waals surface area contributed by atoms with Crippen molar-refractivity contribution in [1.29, 1.82) is 0 Å². The van der Waals surface area contributed by atoms with Gasteiger partial charge in [0.1, 0.15) is 11.2 Å². The number of rotatable bonds is 6. The van der Waals surface area contributed by atoms with Crippen LogP contribution in [0.2, 0.25) is 0 Å². The highest BCUT2D eigenvalue weighted by Crippen LogP contribution is 2.52. The first-order chi connectivity index (χ1) is 27.5. The topological polar surface area (TPSA) is 19.6 Å². The minimum absolute atomic E-state index is 0.125. The summed E-state index contributed by atoms with van der Waals surface area (Å²) in [6.07, 6.45) is 0. The first-order valence-electron chi connectivity index (χ1n) is 19.3. The Kier molecular flexibility index (Phi) is 7.20. The van der Waals surface area contributed by atoms with Crippen LogP contribution in [0, 0.1) is 0 Å². The standard InChI is InChI=1S/C53H38N2O/c1-53(2)48-23-13-11-21-43(48)44-29-26-39(33-49(44)53)55(37-18-7-4-8-19-37)50-31-35-15-9-10-20-41(35)42-28-25-38(32-47(42)50)54(36-16-5-3-6-17-36)40-27-30-46-45-22-12-14-24-51(45)56-52(46)34-40/h3-34H,1-2H3. The third-order valence-corrected chi connectivity index (χ3v) is 11.8. The molecule has 10 aromatic rings. The predicted octanol–water partition coefficient (Wildman–Crippen LogP) is 15.1. The molecular formula is C53H38N2O. The molecule has 0 fully saturated rings. The molecule has 1 aromatic heterocycles. The minimum Gasteiger partial charge on any atom is -0.456 e. The Morgan fingerprint density at radius 2 is 0.929 bits per heavy atom. The Morgan fingerprint density at radius 1 is 0.357 bits per heavy atom. The number of para-hydroxylation sites is 3. The van der Waals surface area contributed by atoms with Gasteiger partial charge in [0, 0.05) is 56.1 Å². The van der Waals surface area contributed by atoms with Crippen LogP contribution < -0.4 is 9.80 Å². The maximum absolute atomic E-state index is 6.42. The lowest BCUT2D eigenvalue weighted by atomic mass is 9.82. The third kappa shape index (κ3) is 4.98. The van der Waals surface area contributed by atoms with E-state index in [-0.39, 0.29) is 5.41 Å². The van der Waals surface area contributed by atoms with Crippen molar-refractivity contribution >= 4 is 77.6 Å². The van der Waals surface area contributed by atoms with Crippen molar-refractivity contribution in [3.63, 3.8) is 0 Å². The lowest BCUT2D eigenvalue weighted by Crippen LogP contribution is -2.16. The monoisotopic (exact) mass is 718 g/mol. The number of benzene rings is 9. The molecule has 266 valence electrons. The summed E-state index contributed by atoms with van der Waals surface area (Å²) in [7, 11) is 0. The van der Waals surface area contributed by atoms with Crippen molar-refractivity contribution in [3.8, 4) is 11.1 Å². The number of nitrogens with zero attached hydrogens (tertiary/aromatic N) is 2. The molecule has 0 unspecified atom stereocenters. The molecule has 0 spiro atoms. The van der Waals surface area contributed by atoms with Crippen LogP contribution in [-0.4, -0.2) is 0 Å². The molecule has 0 radical (unpaired) electrons. The number of hydrogen-bond donors (Lipinski definition) is 0. The maximum Gasteiger partial charge on any atom is 0.137 e. The Labute approximate surface area is 326 Å². The van der Waals surface area contributed by atoms with Gasteiger partial charge in [0.05, 0.1) is 5.69 Å². The Bertz CT molecular complexity index is 3120. The fraction of sp³-hybridized carbons (Fsp3) is 0.0566. The van der Waals surface area contributed by atoms with Gasteiger partial charge < -0.3 is 14.2 Å². The van der Waals surface area contributed by atoms with E-state index in [2.05, 4.69) is 206 Å². The average molecular weight is 719 g/mol. The Balaban J connectivity index is 1.16. The van der Waals surface area contributed by atoms with E-state index in [1.807, 2.05) is 12.1 Å². The van der Waals surface area contributed by atoms with E-state index in [0.717, 1.165) is 56.1 Å². The molecule has 0 bridgehead atoms. The highest BCUT2D eigenvalue weighted by atomic mass is 16.3.